The SMILES string of the molecule is Brc1cncnc1Sc1ccc2ccccc2c1. The Morgan fingerprint density at radius 1 is 1.00 bits per heavy atom. The van der Waals surface area contributed by atoms with Crippen LogP contribution in [-0.4, -0.2) is 9.97 Å². The molecule has 0 aliphatic carbocycles. The monoisotopic (exact) mass is 316 g/mol. The Labute approximate surface area is 118 Å². The highest BCUT2D eigenvalue weighted by Crippen LogP contribution is 2.32. The van der Waals surface area contributed by atoms with Crippen molar-refractivity contribution < 1.29 is 0 Å². The highest BCUT2D eigenvalue weighted by Gasteiger charge is 2.04. The predicted octanol–water partition coefficient (Wildman–Crippen LogP) is 4.54. The molecule has 0 N–H and O–H groups in total. The minimum absolute atomic E-state index is 0.920. The summed E-state index contributed by atoms with van der Waals surface area (Å²) in [6.45, 7) is 0. The second-order valence-corrected chi connectivity index (χ2v) is 5.70. The Morgan fingerprint density at radius 3 is 2.67 bits per heavy atom. The summed E-state index contributed by atoms with van der Waals surface area (Å²) in [5, 5.41) is 3.43. The van der Waals surface area contributed by atoms with Gasteiger partial charge in [0.15, 0.2) is 0 Å². The Hall–Kier alpha value is -1.39. The van der Waals surface area contributed by atoms with Crippen molar-refractivity contribution in [2.24, 2.45) is 0 Å². The van der Waals surface area contributed by atoms with Gasteiger partial charge in [0.25, 0.3) is 0 Å². The zero-order chi connectivity index (χ0) is 12.4. The molecule has 0 saturated heterocycles. The molecule has 1 heterocycles. The zero-order valence-corrected chi connectivity index (χ0v) is 11.8. The van der Waals surface area contributed by atoms with E-state index >= 15 is 0 Å². The van der Waals surface area contributed by atoms with Crippen LogP contribution in [0.4, 0.5) is 0 Å². The quantitative estimate of drug-likeness (QED) is 0.649. The lowest BCUT2D eigenvalue weighted by atomic mass is 10.1. The minimum Gasteiger partial charge on any atom is -0.244 e. The van der Waals surface area contributed by atoms with Gasteiger partial charge in [-0.2, -0.15) is 0 Å². The van der Waals surface area contributed by atoms with Gasteiger partial charge in [0.1, 0.15) is 11.4 Å². The lowest BCUT2D eigenvalue weighted by Crippen LogP contribution is -1.83. The number of nitrogens with zero attached hydrogens (tertiary/aromatic N) is 2. The number of rotatable bonds is 2. The number of hydrogen-bond acceptors (Lipinski definition) is 3. The number of benzene rings is 2. The van der Waals surface area contributed by atoms with E-state index in [0.29, 0.717) is 0 Å². The van der Waals surface area contributed by atoms with Crippen molar-refractivity contribution in [1.82, 2.24) is 9.97 Å². The van der Waals surface area contributed by atoms with Gasteiger partial charge in [0.2, 0.25) is 0 Å². The standard InChI is InChI=1S/C14H9BrN2S/c15-13-8-16-9-17-14(13)18-12-6-5-10-3-1-2-4-11(10)7-12/h1-9H. The van der Waals surface area contributed by atoms with Crippen LogP contribution < -0.4 is 0 Å². The smallest absolute Gasteiger partial charge is 0.118 e. The molecule has 4 heteroatoms. The van der Waals surface area contributed by atoms with Crippen molar-refractivity contribution >= 4 is 38.5 Å². The molecule has 0 bridgehead atoms. The van der Waals surface area contributed by atoms with Crippen LogP contribution in [0.25, 0.3) is 10.8 Å². The van der Waals surface area contributed by atoms with E-state index < -0.39 is 0 Å². The Morgan fingerprint density at radius 2 is 1.83 bits per heavy atom. The van der Waals surface area contributed by atoms with E-state index in [0.717, 1.165) is 9.50 Å². The van der Waals surface area contributed by atoms with Crippen molar-refractivity contribution in [3.63, 3.8) is 0 Å². The van der Waals surface area contributed by atoms with Gasteiger partial charge in [-0.05, 0) is 38.8 Å². The molecular formula is C14H9BrN2S. The second kappa shape index (κ2) is 5.08. The molecule has 0 aliphatic heterocycles. The molecule has 3 rings (SSSR count). The highest BCUT2D eigenvalue weighted by molar-refractivity contribution is 9.10. The molecule has 0 radical (unpaired) electrons. The summed E-state index contributed by atoms with van der Waals surface area (Å²) < 4.78 is 0.920. The summed E-state index contributed by atoms with van der Waals surface area (Å²) in [5.74, 6) is 0. The molecule has 1 aromatic heterocycles. The summed E-state index contributed by atoms with van der Waals surface area (Å²) in [6, 6.07) is 14.8. The van der Waals surface area contributed by atoms with Crippen molar-refractivity contribution in [1.29, 1.82) is 0 Å². The van der Waals surface area contributed by atoms with Crippen molar-refractivity contribution in [2.45, 2.75) is 9.92 Å². The van der Waals surface area contributed by atoms with Crippen LogP contribution in [0.2, 0.25) is 0 Å². The van der Waals surface area contributed by atoms with Crippen LogP contribution in [0.5, 0.6) is 0 Å². The molecular weight excluding hydrogens is 308 g/mol. The third-order valence-corrected chi connectivity index (χ3v) is 4.42. The van der Waals surface area contributed by atoms with Gasteiger partial charge in [0.05, 0.1) is 4.47 Å². The number of halogens is 1. The van der Waals surface area contributed by atoms with Crippen LogP contribution in [0.3, 0.4) is 0 Å². The molecule has 0 spiro atoms. The van der Waals surface area contributed by atoms with Gasteiger partial charge in [-0.3, -0.25) is 0 Å². The number of aromatic nitrogens is 2. The summed E-state index contributed by atoms with van der Waals surface area (Å²) in [5.41, 5.74) is 0. The first-order valence-corrected chi connectivity index (χ1v) is 7.06. The average molecular weight is 317 g/mol. The largest absolute Gasteiger partial charge is 0.244 e. The van der Waals surface area contributed by atoms with E-state index in [9.17, 15) is 0 Å². The van der Waals surface area contributed by atoms with Gasteiger partial charge in [-0.1, -0.05) is 42.1 Å². The van der Waals surface area contributed by atoms with Crippen LogP contribution in [0.15, 0.2) is 69.4 Å². The maximum absolute atomic E-state index is 4.26. The van der Waals surface area contributed by atoms with Gasteiger partial charge >= 0.3 is 0 Å². The Balaban J connectivity index is 1.98. The maximum Gasteiger partial charge on any atom is 0.118 e. The minimum atomic E-state index is 0.920. The molecule has 0 unspecified atom stereocenters. The van der Waals surface area contributed by atoms with Crippen molar-refractivity contribution in [3.05, 3.63) is 59.5 Å². The fourth-order valence-corrected chi connectivity index (χ4v) is 2.98. The second-order valence-electron chi connectivity index (χ2n) is 3.79. The first-order valence-electron chi connectivity index (χ1n) is 5.45. The van der Waals surface area contributed by atoms with Crippen molar-refractivity contribution in [3.8, 4) is 0 Å². The van der Waals surface area contributed by atoms with E-state index in [2.05, 4.69) is 68.4 Å². The van der Waals surface area contributed by atoms with Gasteiger partial charge in [0, 0.05) is 11.1 Å². The van der Waals surface area contributed by atoms with Gasteiger partial charge in [-0.25, -0.2) is 9.97 Å². The number of fused-ring (bicyclic) bond motifs is 1. The van der Waals surface area contributed by atoms with Crippen LogP contribution in [0, 0.1) is 0 Å². The van der Waals surface area contributed by atoms with E-state index in [4.69, 9.17) is 0 Å². The molecule has 88 valence electrons. The van der Waals surface area contributed by atoms with E-state index in [1.807, 2.05) is 0 Å². The topological polar surface area (TPSA) is 25.8 Å². The molecule has 0 fully saturated rings. The van der Waals surface area contributed by atoms with Crippen LogP contribution in [0.1, 0.15) is 0 Å². The normalized spacial score (nSPS) is 10.7. The fourth-order valence-electron chi connectivity index (χ4n) is 1.72. The number of hydrogen-bond donors (Lipinski definition) is 0. The lowest BCUT2D eigenvalue weighted by molar-refractivity contribution is 1.03. The van der Waals surface area contributed by atoms with Crippen LogP contribution in [-0.2, 0) is 0 Å². The molecule has 2 aromatic carbocycles. The van der Waals surface area contributed by atoms with Gasteiger partial charge in [-0.15, -0.1) is 0 Å². The summed E-state index contributed by atoms with van der Waals surface area (Å²) >= 11 is 5.09. The molecule has 0 atom stereocenters. The van der Waals surface area contributed by atoms with E-state index in [1.54, 1.807) is 24.3 Å². The first-order chi connectivity index (χ1) is 8.83. The maximum atomic E-state index is 4.26. The predicted molar refractivity (Wildman–Crippen MR) is 77.8 cm³/mol. The van der Waals surface area contributed by atoms with E-state index in [-0.39, 0.29) is 0 Å². The highest BCUT2D eigenvalue weighted by atomic mass is 79.9. The van der Waals surface area contributed by atoms with Crippen LogP contribution >= 0.6 is 27.7 Å². The zero-order valence-electron chi connectivity index (χ0n) is 9.38. The summed E-state index contributed by atoms with van der Waals surface area (Å²) in [4.78, 5) is 9.40. The molecule has 3 aromatic rings. The summed E-state index contributed by atoms with van der Waals surface area (Å²) in [6.07, 6.45) is 3.32. The molecule has 18 heavy (non-hydrogen) atoms. The van der Waals surface area contributed by atoms with Crippen molar-refractivity contribution in [2.75, 3.05) is 0 Å². The first kappa shape index (κ1) is 11.7. The molecule has 0 amide bonds. The molecule has 0 saturated carbocycles. The Kier molecular flexibility index (Phi) is 3.30. The molecule has 2 nitrogen and oxygen atoms in total. The third-order valence-electron chi connectivity index (χ3n) is 2.57. The Bertz CT molecular complexity index is 700. The van der Waals surface area contributed by atoms with E-state index in [1.165, 1.54) is 15.7 Å². The summed E-state index contributed by atoms with van der Waals surface area (Å²) in [7, 11) is 0. The average Bonchev–Trinajstić information content (AvgIpc) is 2.41. The van der Waals surface area contributed by atoms with Gasteiger partial charge < -0.3 is 0 Å². The lowest BCUT2D eigenvalue weighted by Gasteiger charge is -2.04. The fraction of sp³-hybridized carbons (Fsp3) is 0. The molecule has 0 aliphatic rings. The third kappa shape index (κ3) is 2.40.